The van der Waals surface area contributed by atoms with E-state index in [0.717, 1.165) is 5.56 Å². The van der Waals surface area contributed by atoms with Crippen LogP contribution in [-0.2, 0) is 15.0 Å². The summed E-state index contributed by atoms with van der Waals surface area (Å²) in [6.45, 7) is 12.0. The first-order valence-corrected chi connectivity index (χ1v) is 12.0. The first-order chi connectivity index (χ1) is 15.9. The molecule has 0 saturated carbocycles. The third-order valence-corrected chi connectivity index (χ3v) is 5.60. The van der Waals surface area contributed by atoms with Crippen LogP contribution < -0.4 is 15.5 Å². The SMILES string of the molecule is CC(C)C[C@H](NC(=O)[C@H](C)Oc1ccc(Cl)cc1Cl)C(=O)N/N=C\c1ccc(C(C)(C)C)cc1. The molecule has 0 fully saturated rings. The van der Waals surface area contributed by atoms with Gasteiger partial charge in [0, 0.05) is 5.02 Å². The summed E-state index contributed by atoms with van der Waals surface area (Å²) >= 11 is 12.0. The number of nitrogens with zero attached hydrogens (tertiary/aromatic N) is 1. The van der Waals surface area contributed by atoms with Gasteiger partial charge in [-0.2, -0.15) is 5.10 Å². The van der Waals surface area contributed by atoms with E-state index in [1.165, 1.54) is 11.6 Å². The van der Waals surface area contributed by atoms with Crippen LogP contribution in [0.5, 0.6) is 5.75 Å². The molecular weight excluding hydrogens is 473 g/mol. The summed E-state index contributed by atoms with van der Waals surface area (Å²) in [7, 11) is 0. The number of rotatable bonds is 9. The van der Waals surface area contributed by atoms with E-state index in [0.29, 0.717) is 22.2 Å². The number of hydrogen-bond donors (Lipinski definition) is 2. The Morgan fingerprint density at radius 1 is 1.03 bits per heavy atom. The summed E-state index contributed by atoms with van der Waals surface area (Å²) in [4.78, 5) is 25.5. The van der Waals surface area contributed by atoms with Crippen molar-refractivity contribution in [2.24, 2.45) is 11.0 Å². The fourth-order valence-electron chi connectivity index (χ4n) is 3.12. The Labute approximate surface area is 212 Å². The fourth-order valence-corrected chi connectivity index (χ4v) is 3.58. The number of benzene rings is 2. The van der Waals surface area contributed by atoms with Gasteiger partial charge in [-0.05, 0) is 54.0 Å². The molecule has 0 aliphatic rings. The largest absolute Gasteiger partial charge is 0.479 e. The van der Waals surface area contributed by atoms with Crippen molar-refractivity contribution >= 4 is 41.2 Å². The maximum atomic E-state index is 12.7. The number of carbonyl (C=O) groups is 2. The summed E-state index contributed by atoms with van der Waals surface area (Å²) in [6, 6.07) is 12.0. The molecule has 2 aromatic carbocycles. The minimum atomic E-state index is -0.869. The van der Waals surface area contributed by atoms with Crippen LogP contribution in [-0.4, -0.2) is 30.2 Å². The van der Waals surface area contributed by atoms with Crippen molar-refractivity contribution in [3.63, 3.8) is 0 Å². The molecule has 0 radical (unpaired) electrons. The number of ether oxygens (including phenoxy) is 1. The van der Waals surface area contributed by atoms with Crippen LogP contribution >= 0.6 is 23.2 Å². The van der Waals surface area contributed by atoms with Gasteiger partial charge in [-0.15, -0.1) is 0 Å². The molecular formula is C26H33Cl2N3O3. The monoisotopic (exact) mass is 505 g/mol. The summed E-state index contributed by atoms with van der Waals surface area (Å²) < 4.78 is 5.66. The Hall–Kier alpha value is -2.57. The molecule has 184 valence electrons. The molecule has 2 rings (SSSR count). The number of nitrogens with one attached hydrogen (secondary N) is 2. The highest BCUT2D eigenvalue weighted by Gasteiger charge is 2.25. The minimum absolute atomic E-state index is 0.0614. The summed E-state index contributed by atoms with van der Waals surface area (Å²) in [5.74, 6) is -0.331. The first kappa shape index (κ1) is 27.7. The van der Waals surface area contributed by atoms with E-state index in [1.807, 2.05) is 38.1 Å². The summed E-state index contributed by atoms with van der Waals surface area (Å²) in [5, 5.41) is 7.58. The molecule has 8 heteroatoms. The van der Waals surface area contributed by atoms with Crippen LogP contribution in [0.2, 0.25) is 10.0 Å². The van der Waals surface area contributed by atoms with Crippen LogP contribution in [0.25, 0.3) is 0 Å². The molecule has 0 aliphatic heterocycles. The zero-order valence-corrected chi connectivity index (χ0v) is 22.0. The second-order valence-electron chi connectivity index (χ2n) is 9.63. The quantitative estimate of drug-likeness (QED) is 0.336. The highest BCUT2D eigenvalue weighted by atomic mass is 35.5. The molecule has 0 unspecified atom stereocenters. The van der Waals surface area contributed by atoms with Gasteiger partial charge in [0.25, 0.3) is 11.8 Å². The molecule has 2 atom stereocenters. The van der Waals surface area contributed by atoms with Gasteiger partial charge in [0.15, 0.2) is 6.10 Å². The topological polar surface area (TPSA) is 79.8 Å². The van der Waals surface area contributed by atoms with Crippen LogP contribution in [0.1, 0.15) is 59.1 Å². The first-order valence-electron chi connectivity index (χ1n) is 11.2. The normalized spacial score (nSPS) is 13.6. The Morgan fingerprint density at radius 3 is 2.24 bits per heavy atom. The molecule has 0 bridgehead atoms. The average molecular weight is 506 g/mol. The second kappa shape index (κ2) is 12.2. The molecule has 2 amide bonds. The van der Waals surface area contributed by atoms with Crippen LogP contribution in [0, 0.1) is 5.92 Å². The van der Waals surface area contributed by atoms with Crippen molar-refractivity contribution in [1.29, 1.82) is 0 Å². The van der Waals surface area contributed by atoms with Gasteiger partial charge < -0.3 is 10.1 Å². The molecule has 0 saturated heterocycles. The lowest BCUT2D eigenvalue weighted by molar-refractivity contribution is -0.132. The maximum Gasteiger partial charge on any atom is 0.262 e. The molecule has 2 aromatic rings. The zero-order chi connectivity index (χ0) is 25.5. The van der Waals surface area contributed by atoms with E-state index in [-0.39, 0.29) is 11.3 Å². The van der Waals surface area contributed by atoms with E-state index in [9.17, 15) is 9.59 Å². The van der Waals surface area contributed by atoms with E-state index < -0.39 is 24.0 Å². The Morgan fingerprint density at radius 2 is 1.68 bits per heavy atom. The molecule has 2 N–H and O–H groups in total. The Balaban J connectivity index is 1.99. The Bertz CT molecular complexity index is 1010. The van der Waals surface area contributed by atoms with E-state index in [2.05, 4.69) is 36.6 Å². The number of hydrogen-bond acceptors (Lipinski definition) is 4. The molecule has 0 aliphatic carbocycles. The number of hydrazone groups is 1. The highest BCUT2D eigenvalue weighted by molar-refractivity contribution is 6.35. The maximum absolute atomic E-state index is 12.7. The van der Waals surface area contributed by atoms with Gasteiger partial charge >= 0.3 is 0 Å². The number of halogens is 2. The van der Waals surface area contributed by atoms with Crippen molar-refractivity contribution in [1.82, 2.24) is 10.7 Å². The average Bonchev–Trinajstić information content (AvgIpc) is 2.74. The van der Waals surface area contributed by atoms with Crippen molar-refractivity contribution in [3.05, 3.63) is 63.6 Å². The Kier molecular flexibility index (Phi) is 9.95. The summed E-state index contributed by atoms with van der Waals surface area (Å²) in [5.41, 5.74) is 4.66. The smallest absolute Gasteiger partial charge is 0.262 e. The van der Waals surface area contributed by atoms with E-state index in [1.54, 1.807) is 25.3 Å². The van der Waals surface area contributed by atoms with Crippen molar-refractivity contribution in [2.45, 2.75) is 65.5 Å². The van der Waals surface area contributed by atoms with Gasteiger partial charge in [-0.3, -0.25) is 9.59 Å². The minimum Gasteiger partial charge on any atom is -0.479 e. The van der Waals surface area contributed by atoms with Gasteiger partial charge in [-0.1, -0.05) is 82.1 Å². The highest BCUT2D eigenvalue weighted by Crippen LogP contribution is 2.28. The fraction of sp³-hybridized carbons (Fsp3) is 0.423. The van der Waals surface area contributed by atoms with E-state index >= 15 is 0 Å². The van der Waals surface area contributed by atoms with Crippen LogP contribution in [0.4, 0.5) is 0 Å². The number of amides is 2. The standard InChI is InChI=1S/C26H33Cl2N3O3/c1-16(2)13-22(30-24(32)17(3)34-23-12-11-20(27)14-21(23)28)25(33)31-29-15-18-7-9-19(10-8-18)26(4,5)6/h7-12,14-17,22H,13H2,1-6H3,(H,30,32)(H,31,33)/b29-15-/t17-,22-/m0/s1. The van der Waals surface area contributed by atoms with E-state index in [4.69, 9.17) is 27.9 Å². The number of carbonyl (C=O) groups excluding carboxylic acids is 2. The molecule has 34 heavy (non-hydrogen) atoms. The molecule has 0 heterocycles. The lowest BCUT2D eigenvalue weighted by atomic mass is 9.87. The van der Waals surface area contributed by atoms with Gasteiger partial charge in [0.05, 0.1) is 11.2 Å². The molecule has 0 spiro atoms. The van der Waals surface area contributed by atoms with Gasteiger partial charge in [-0.25, -0.2) is 5.43 Å². The van der Waals surface area contributed by atoms with Gasteiger partial charge in [0.1, 0.15) is 11.8 Å². The van der Waals surface area contributed by atoms with Crippen molar-refractivity contribution in [3.8, 4) is 5.75 Å². The van der Waals surface area contributed by atoms with Crippen molar-refractivity contribution in [2.75, 3.05) is 0 Å². The molecule has 0 aromatic heterocycles. The van der Waals surface area contributed by atoms with Crippen LogP contribution in [0.3, 0.4) is 0 Å². The third kappa shape index (κ3) is 8.65. The lowest BCUT2D eigenvalue weighted by Crippen LogP contribution is -2.49. The second-order valence-corrected chi connectivity index (χ2v) is 10.5. The predicted octanol–water partition coefficient (Wildman–Crippen LogP) is 5.74. The molecule has 6 nitrogen and oxygen atoms in total. The third-order valence-electron chi connectivity index (χ3n) is 5.07. The lowest BCUT2D eigenvalue weighted by Gasteiger charge is -2.22. The summed E-state index contributed by atoms with van der Waals surface area (Å²) in [6.07, 6.45) is 1.15. The predicted molar refractivity (Wildman–Crippen MR) is 139 cm³/mol. The zero-order valence-electron chi connectivity index (χ0n) is 20.5. The van der Waals surface area contributed by atoms with Crippen LogP contribution in [0.15, 0.2) is 47.6 Å². The van der Waals surface area contributed by atoms with Gasteiger partial charge in [0.2, 0.25) is 0 Å². The van der Waals surface area contributed by atoms with Crippen molar-refractivity contribution < 1.29 is 14.3 Å².